The highest BCUT2D eigenvalue weighted by Crippen LogP contribution is 2.30. The van der Waals surface area contributed by atoms with Gasteiger partial charge in [0, 0.05) is 12.1 Å². The lowest BCUT2D eigenvalue weighted by molar-refractivity contribution is -0.116. The third-order valence-corrected chi connectivity index (χ3v) is 4.59. The predicted molar refractivity (Wildman–Crippen MR) is 98.2 cm³/mol. The van der Waals surface area contributed by atoms with E-state index in [1.807, 2.05) is 26.8 Å². The molecule has 0 aliphatic carbocycles. The summed E-state index contributed by atoms with van der Waals surface area (Å²) in [6.45, 7) is 7.90. The molecular weight excluding hydrogens is 286 g/mol. The number of nitrogens with one attached hydrogen (secondary N) is 1. The van der Waals surface area contributed by atoms with Gasteiger partial charge in [0.2, 0.25) is 5.91 Å². The number of phenolic OH excluding ortho intramolecular Hbond substituents is 1. The molecule has 3 heteroatoms. The Kier molecular flexibility index (Phi) is 8.75. The van der Waals surface area contributed by atoms with E-state index in [0.717, 1.165) is 35.2 Å². The number of carbonyl (C=O) groups excluding carboxylic acids is 1. The van der Waals surface area contributed by atoms with Gasteiger partial charge in [-0.15, -0.1) is 0 Å². The normalized spacial score (nSPS) is 10.8. The lowest BCUT2D eigenvalue weighted by Crippen LogP contribution is -2.12. The van der Waals surface area contributed by atoms with Crippen LogP contribution >= 0.6 is 0 Å². The van der Waals surface area contributed by atoms with E-state index in [0.29, 0.717) is 12.2 Å². The van der Waals surface area contributed by atoms with Crippen molar-refractivity contribution in [2.45, 2.75) is 85.5 Å². The highest BCUT2D eigenvalue weighted by Gasteiger charge is 2.11. The van der Waals surface area contributed by atoms with Gasteiger partial charge in [0.1, 0.15) is 5.75 Å². The van der Waals surface area contributed by atoms with Gasteiger partial charge >= 0.3 is 0 Å². The van der Waals surface area contributed by atoms with Crippen LogP contribution in [0.2, 0.25) is 0 Å². The molecular formula is C20H33NO2. The monoisotopic (exact) mass is 319 g/mol. The zero-order valence-corrected chi connectivity index (χ0v) is 15.3. The Bertz CT molecular complexity index is 509. The van der Waals surface area contributed by atoms with Crippen molar-refractivity contribution in [3.8, 4) is 5.75 Å². The molecule has 1 rings (SSSR count). The van der Waals surface area contributed by atoms with Gasteiger partial charge in [-0.2, -0.15) is 0 Å². The average Bonchev–Trinajstić information content (AvgIpc) is 2.53. The first-order valence-corrected chi connectivity index (χ1v) is 9.07. The second-order valence-electron chi connectivity index (χ2n) is 6.61. The van der Waals surface area contributed by atoms with Gasteiger partial charge < -0.3 is 10.4 Å². The number of anilines is 1. The maximum atomic E-state index is 12.1. The minimum Gasteiger partial charge on any atom is -0.507 e. The van der Waals surface area contributed by atoms with E-state index in [1.54, 1.807) is 0 Å². The molecule has 0 aliphatic rings. The smallest absolute Gasteiger partial charge is 0.224 e. The molecule has 0 saturated heterocycles. The van der Waals surface area contributed by atoms with Crippen molar-refractivity contribution >= 4 is 11.6 Å². The maximum absolute atomic E-state index is 12.1. The van der Waals surface area contributed by atoms with Gasteiger partial charge in [0.05, 0.1) is 0 Å². The SMILES string of the molecule is CCCCCCCCCCC(=O)Nc1cc(C)c(O)c(C)c1C. The van der Waals surface area contributed by atoms with Crippen molar-refractivity contribution in [3.05, 3.63) is 22.8 Å². The van der Waals surface area contributed by atoms with E-state index in [4.69, 9.17) is 0 Å². The Morgan fingerprint density at radius 3 is 2.13 bits per heavy atom. The van der Waals surface area contributed by atoms with Gasteiger partial charge in [-0.3, -0.25) is 4.79 Å². The maximum Gasteiger partial charge on any atom is 0.224 e. The standard InChI is InChI=1S/C20H33NO2/c1-5-6-7-8-9-10-11-12-13-19(22)21-18-14-15(2)20(23)17(4)16(18)3/h14,23H,5-13H2,1-4H3,(H,21,22). The second-order valence-corrected chi connectivity index (χ2v) is 6.61. The molecule has 1 amide bonds. The third kappa shape index (κ3) is 6.64. The predicted octanol–water partition coefficient (Wildman–Crippen LogP) is 5.79. The Morgan fingerprint density at radius 1 is 0.957 bits per heavy atom. The quantitative estimate of drug-likeness (QED) is 0.424. The number of benzene rings is 1. The number of hydrogen-bond donors (Lipinski definition) is 2. The van der Waals surface area contributed by atoms with Crippen LogP contribution in [0.5, 0.6) is 5.75 Å². The Morgan fingerprint density at radius 2 is 1.52 bits per heavy atom. The molecule has 130 valence electrons. The zero-order valence-electron chi connectivity index (χ0n) is 15.3. The first-order valence-electron chi connectivity index (χ1n) is 9.07. The van der Waals surface area contributed by atoms with E-state index < -0.39 is 0 Å². The van der Waals surface area contributed by atoms with Gasteiger partial charge in [-0.1, -0.05) is 51.9 Å². The molecule has 0 heterocycles. The van der Waals surface area contributed by atoms with Crippen molar-refractivity contribution in [1.82, 2.24) is 0 Å². The molecule has 0 aromatic heterocycles. The number of rotatable bonds is 10. The van der Waals surface area contributed by atoms with Crippen LogP contribution in [0.25, 0.3) is 0 Å². The van der Waals surface area contributed by atoms with Gasteiger partial charge in [0.25, 0.3) is 0 Å². The third-order valence-electron chi connectivity index (χ3n) is 4.59. The van der Waals surface area contributed by atoms with Crippen LogP contribution in [0.3, 0.4) is 0 Å². The molecule has 1 aromatic rings. The number of phenols is 1. The molecule has 0 unspecified atom stereocenters. The number of unbranched alkanes of at least 4 members (excludes halogenated alkanes) is 7. The Balaban J connectivity index is 2.30. The van der Waals surface area contributed by atoms with Crippen LogP contribution in [0.1, 0.15) is 81.4 Å². The summed E-state index contributed by atoms with van der Waals surface area (Å²) in [4.78, 5) is 12.1. The molecule has 0 aliphatic heterocycles. The molecule has 0 saturated carbocycles. The lowest BCUT2D eigenvalue weighted by Gasteiger charge is -2.14. The summed E-state index contributed by atoms with van der Waals surface area (Å²) < 4.78 is 0. The van der Waals surface area contributed by atoms with Crippen LogP contribution in [0.15, 0.2) is 6.07 Å². The van der Waals surface area contributed by atoms with Crippen molar-refractivity contribution in [3.63, 3.8) is 0 Å². The second kappa shape index (κ2) is 10.3. The van der Waals surface area contributed by atoms with Crippen LogP contribution in [-0.2, 0) is 4.79 Å². The van der Waals surface area contributed by atoms with Gasteiger partial charge in [0.15, 0.2) is 0 Å². The molecule has 0 spiro atoms. The van der Waals surface area contributed by atoms with Crippen molar-refractivity contribution < 1.29 is 9.90 Å². The minimum absolute atomic E-state index is 0.0728. The molecule has 1 aromatic carbocycles. The van der Waals surface area contributed by atoms with Crippen LogP contribution in [-0.4, -0.2) is 11.0 Å². The molecule has 0 atom stereocenters. The number of carbonyl (C=O) groups is 1. The summed E-state index contributed by atoms with van der Waals surface area (Å²) in [5.41, 5.74) is 3.41. The Labute approximate surface area is 141 Å². The summed E-state index contributed by atoms with van der Waals surface area (Å²) >= 11 is 0. The molecule has 0 fully saturated rings. The largest absolute Gasteiger partial charge is 0.507 e. The fourth-order valence-electron chi connectivity index (χ4n) is 2.83. The lowest BCUT2D eigenvalue weighted by atomic mass is 10.0. The summed E-state index contributed by atoms with van der Waals surface area (Å²) in [6, 6.07) is 1.85. The molecule has 0 bridgehead atoms. The Hall–Kier alpha value is -1.51. The summed E-state index contributed by atoms with van der Waals surface area (Å²) in [5, 5.41) is 12.9. The number of hydrogen-bond acceptors (Lipinski definition) is 2. The van der Waals surface area contributed by atoms with E-state index in [9.17, 15) is 9.90 Å². The fourth-order valence-corrected chi connectivity index (χ4v) is 2.83. The molecule has 23 heavy (non-hydrogen) atoms. The first-order chi connectivity index (χ1) is 11.0. The highest BCUT2D eigenvalue weighted by atomic mass is 16.3. The molecule has 2 N–H and O–H groups in total. The summed E-state index contributed by atoms with van der Waals surface area (Å²) in [6.07, 6.45) is 10.5. The summed E-state index contributed by atoms with van der Waals surface area (Å²) in [5.74, 6) is 0.396. The van der Waals surface area contributed by atoms with Crippen LogP contribution in [0, 0.1) is 20.8 Å². The summed E-state index contributed by atoms with van der Waals surface area (Å²) in [7, 11) is 0. The van der Waals surface area contributed by atoms with E-state index in [1.165, 1.54) is 38.5 Å². The van der Waals surface area contributed by atoms with E-state index in [-0.39, 0.29) is 5.91 Å². The van der Waals surface area contributed by atoms with Crippen molar-refractivity contribution in [2.24, 2.45) is 0 Å². The van der Waals surface area contributed by atoms with Crippen LogP contribution in [0.4, 0.5) is 5.69 Å². The topological polar surface area (TPSA) is 49.3 Å². The number of amides is 1. The molecule has 3 nitrogen and oxygen atoms in total. The van der Waals surface area contributed by atoms with Crippen molar-refractivity contribution in [2.75, 3.05) is 5.32 Å². The highest BCUT2D eigenvalue weighted by molar-refractivity contribution is 5.92. The van der Waals surface area contributed by atoms with Crippen LogP contribution < -0.4 is 5.32 Å². The fraction of sp³-hybridized carbons (Fsp3) is 0.650. The minimum atomic E-state index is 0.0728. The van der Waals surface area contributed by atoms with E-state index in [2.05, 4.69) is 12.2 Å². The number of aromatic hydroxyl groups is 1. The first kappa shape index (κ1) is 19.5. The van der Waals surface area contributed by atoms with E-state index >= 15 is 0 Å². The number of aryl methyl sites for hydroxylation is 1. The average molecular weight is 319 g/mol. The zero-order chi connectivity index (χ0) is 17.2. The van der Waals surface area contributed by atoms with Crippen molar-refractivity contribution in [1.29, 1.82) is 0 Å². The molecule has 0 radical (unpaired) electrons. The van der Waals surface area contributed by atoms with Gasteiger partial charge in [-0.05, 0) is 49.9 Å². The van der Waals surface area contributed by atoms with Gasteiger partial charge in [-0.25, -0.2) is 0 Å².